The van der Waals surface area contributed by atoms with Crippen LogP contribution in [0.25, 0.3) is 0 Å². The third-order valence-electron chi connectivity index (χ3n) is 3.39. The second kappa shape index (κ2) is 4.77. The molecule has 0 spiro atoms. The maximum atomic E-state index is 13.0. The summed E-state index contributed by atoms with van der Waals surface area (Å²) in [5.41, 5.74) is -2.90. The predicted octanol–water partition coefficient (Wildman–Crippen LogP) is 1.56. The number of nitrogens with zero attached hydrogens (tertiary/aromatic N) is 2. The van der Waals surface area contributed by atoms with Crippen molar-refractivity contribution in [1.29, 1.82) is 0 Å². The van der Waals surface area contributed by atoms with Crippen molar-refractivity contribution in [2.45, 2.75) is 12.6 Å². The average molecular weight is 288 g/mol. The number of hydrogen-bond donors (Lipinski definition) is 1. The minimum atomic E-state index is -4.90. The fourth-order valence-electron chi connectivity index (χ4n) is 2.16. The number of rotatable bonds is 2. The third-order valence-corrected chi connectivity index (χ3v) is 3.39. The van der Waals surface area contributed by atoms with Gasteiger partial charge in [-0.15, -0.1) is 0 Å². The molecule has 0 aliphatic carbocycles. The first kappa shape index (κ1) is 14.3. The molecule has 2 rings (SSSR count). The van der Waals surface area contributed by atoms with E-state index in [-0.39, 0.29) is 12.2 Å². The minimum absolute atomic E-state index is 0.00383. The van der Waals surface area contributed by atoms with E-state index in [0.29, 0.717) is 0 Å². The summed E-state index contributed by atoms with van der Waals surface area (Å²) in [6.07, 6.45) is -4.21. The normalized spacial score (nSPS) is 22.9. The van der Waals surface area contributed by atoms with E-state index in [1.807, 2.05) is 0 Å². The number of aromatic nitrogens is 1. The lowest BCUT2D eigenvalue weighted by Crippen LogP contribution is -2.47. The molecule has 8 heteroatoms. The smallest absolute Gasteiger partial charge is 0.406 e. The summed E-state index contributed by atoms with van der Waals surface area (Å²) >= 11 is 0. The largest absolute Gasteiger partial charge is 0.481 e. The molecule has 1 amide bonds. The second-order valence-corrected chi connectivity index (χ2v) is 4.58. The van der Waals surface area contributed by atoms with Gasteiger partial charge in [0, 0.05) is 19.3 Å². The number of pyridine rings is 1. The fraction of sp³-hybridized carbons (Fsp3) is 0.417. The molecule has 1 N–H and O–H groups in total. The highest BCUT2D eigenvalue weighted by molar-refractivity contribution is 5.93. The van der Waals surface area contributed by atoms with Gasteiger partial charge in [0.15, 0.2) is 5.41 Å². The first-order chi connectivity index (χ1) is 9.28. The van der Waals surface area contributed by atoms with Gasteiger partial charge in [0.1, 0.15) is 5.69 Å². The maximum Gasteiger partial charge on any atom is 0.406 e. The predicted molar refractivity (Wildman–Crippen MR) is 60.9 cm³/mol. The Kier molecular flexibility index (Phi) is 3.41. The lowest BCUT2D eigenvalue weighted by Gasteiger charge is -2.27. The summed E-state index contributed by atoms with van der Waals surface area (Å²) in [5, 5.41) is 8.90. The number of halogens is 3. The number of hydrogen-bond acceptors (Lipinski definition) is 3. The molecule has 1 saturated heterocycles. The van der Waals surface area contributed by atoms with E-state index in [1.165, 1.54) is 18.3 Å². The molecular weight excluding hydrogens is 277 g/mol. The zero-order valence-electron chi connectivity index (χ0n) is 10.2. The standard InChI is InChI=1S/C12H11F3N2O3/c13-12(14,15)11(10(19)20)4-6-17(7-11)9(18)8-3-1-2-5-16-8/h1-3,5H,4,6-7H2,(H,19,20). The van der Waals surface area contributed by atoms with Crippen LogP contribution >= 0.6 is 0 Å². The van der Waals surface area contributed by atoms with E-state index in [0.717, 1.165) is 4.90 Å². The lowest BCUT2D eigenvalue weighted by molar-refractivity contribution is -0.227. The Morgan fingerprint density at radius 2 is 2.05 bits per heavy atom. The van der Waals surface area contributed by atoms with Crippen LogP contribution in [0.4, 0.5) is 13.2 Å². The molecule has 1 unspecified atom stereocenters. The molecule has 108 valence electrons. The summed E-state index contributed by atoms with van der Waals surface area (Å²) in [7, 11) is 0. The van der Waals surface area contributed by atoms with Gasteiger partial charge in [0.05, 0.1) is 0 Å². The summed E-state index contributed by atoms with van der Waals surface area (Å²) < 4.78 is 38.9. The zero-order chi connectivity index (χ0) is 15.0. The molecule has 0 saturated carbocycles. The van der Waals surface area contributed by atoms with Crippen molar-refractivity contribution in [3.63, 3.8) is 0 Å². The Labute approximate surface area is 112 Å². The van der Waals surface area contributed by atoms with Gasteiger partial charge in [-0.2, -0.15) is 13.2 Å². The monoisotopic (exact) mass is 288 g/mol. The summed E-state index contributed by atoms with van der Waals surface area (Å²) in [6.45, 7) is -1.15. The topological polar surface area (TPSA) is 70.5 Å². The summed E-state index contributed by atoms with van der Waals surface area (Å²) in [5.74, 6) is -2.65. The molecule has 1 atom stereocenters. The first-order valence-corrected chi connectivity index (χ1v) is 5.78. The molecule has 1 aliphatic rings. The van der Waals surface area contributed by atoms with Crippen molar-refractivity contribution in [2.24, 2.45) is 5.41 Å². The van der Waals surface area contributed by atoms with Crippen LogP contribution in [0.3, 0.4) is 0 Å². The van der Waals surface area contributed by atoms with Crippen LogP contribution in [0.2, 0.25) is 0 Å². The number of carboxylic acids is 1. The molecule has 0 radical (unpaired) electrons. The van der Waals surface area contributed by atoms with E-state index < -0.39 is 36.4 Å². The summed E-state index contributed by atoms with van der Waals surface area (Å²) in [6, 6.07) is 4.47. The zero-order valence-corrected chi connectivity index (χ0v) is 10.2. The minimum Gasteiger partial charge on any atom is -0.481 e. The van der Waals surface area contributed by atoms with Gasteiger partial charge >= 0.3 is 12.1 Å². The molecule has 1 aromatic rings. The van der Waals surface area contributed by atoms with E-state index in [9.17, 15) is 22.8 Å². The highest BCUT2D eigenvalue weighted by Crippen LogP contribution is 2.45. The molecule has 2 heterocycles. The van der Waals surface area contributed by atoms with E-state index in [1.54, 1.807) is 6.07 Å². The van der Waals surface area contributed by atoms with Gasteiger partial charge in [0.25, 0.3) is 5.91 Å². The van der Waals surface area contributed by atoms with Gasteiger partial charge in [-0.05, 0) is 18.6 Å². The van der Waals surface area contributed by atoms with E-state index in [4.69, 9.17) is 5.11 Å². The highest BCUT2D eigenvalue weighted by atomic mass is 19.4. The molecule has 1 fully saturated rings. The number of amides is 1. The first-order valence-electron chi connectivity index (χ1n) is 5.78. The number of carbonyl (C=O) groups is 2. The quantitative estimate of drug-likeness (QED) is 0.896. The fourth-order valence-corrected chi connectivity index (χ4v) is 2.16. The van der Waals surface area contributed by atoms with Crippen LogP contribution in [0.5, 0.6) is 0 Å². The molecule has 1 aliphatic heterocycles. The Hall–Kier alpha value is -2.12. The number of alkyl halides is 3. The van der Waals surface area contributed by atoms with Gasteiger partial charge in [-0.1, -0.05) is 6.07 Å². The average Bonchev–Trinajstić information content (AvgIpc) is 2.85. The van der Waals surface area contributed by atoms with Crippen molar-refractivity contribution < 1.29 is 27.9 Å². The number of aliphatic carboxylic acids is 1. The van der Waals surface area contributed by atoms with Gasteiger partial charge in [-0.25, -0.2) is 0 Å². The van der Waals surface area contributed by atoms with E-state index in [2.05, 4.69) is 4.98 Å². The van der Waals surface area contributed by atoms with Crippen LogP contribution in [0.1, 0.15) is 16.9 Å². The van der Waals surface area contributed by atoms with Crippen molar-refractivity contribution in [3.8, 4) is 0 Å². The van der Waals surface area contributed by atoms with Gasteiger partial charge < -0.3 is 10.0 Å². The van der Waals surface area contributed by atoms with Crippen LogP contribution < -0.4 is 0 Å². The number of likely N-dealkylation sites (tertiary alicyclic amines) is 1. The SMILES string of the molecule is O=C(c1ccccn1)N1CCC(C(=O)O)(C(F)(F)F)C1. The molecule has 0 aromatic carbocycles. The Morgan fingerprint density at radius 3 is 2.50 bits per heavy atom. The van der Waals surface area contributed by atoms with E-state index >= 15 is 0 Å². The molecular formula is C12H11F3N2O3. The van der Waals surface area contributed by atoms with Crippen molar-refractivity contribution in [2.75, 3.05) is 13.1 Å². The Morgan fingerprint density at radius 1 is 1.35 bits per heavy atom. The van der Waals surface area contributed by atoms with Gasteiger partial charge in [0.2, 0.25) is 0 Å². The van der Waals surface area contributed by atoms with Crippen LogP contribution in [0.15, 0.2) is 24.4 Å². The van der Waals surface area contributed by atoms with Crippen molar-refractivity contribution >= 4 is 11.9 Å². The highest BCUT2D eigenvalue weighted by Gasteiger charge is 2.64. The molecule has 20 heavy (non-hydrogen) atoms. The Balaban J connectivity index is 2.24. The molecule has 0 bridgehead atoms. The Bertz CT molecular complexity index is 532. The number of carbonyl (C=O) groups excluding carboxylic acids is 1. The lowest BCUT2D eigenvalue weighted by atomic mass is 9.86. The maximum absolute atomic E-state index is 13.0. The third kappa shape index (κ3) is 2.21. The molecule has 5 nitrogen and oxygen atoms in total. The number of carboxylic acid groups (broad SMARTS) is 1. The second-order valence-electron chi connectivity index (χ2n) is 4.58. The van der Waals surface area contributed by atoms with Crippen molar-refractivity contribution in [1.82, 2.24) is 9.88 Å². The van der Waals surface area contributed by atoms with Gasteiger partial charge in [-0.3, -0.25) is 14.6 Å². The summed E-state index contributed by atoms with van der Waals surface area (Å²) in [4.78, 5) is 27.6. The molecule has 1 aromatic heterocycles. The van der Waals surface area contributed by atoms with Crippen molar-refractivity contribution in [3.05, 3.63) is 30.1 Å². The van der Waals surface area contributed by atoms with Crippen LogP contribution in [0, 0.1) is 5.41 Å². The van der Waals surface area contributed by atoms with Crippen LogP contribution in [-0.4, -0.2) is 46.1 Å². The van der Waals surface area contributed by atoms with Crippen LogP contribution in [-0.2, 0) is 4.79 Å².